The first-order valence-corrected chi connectivity index (χ1v) is 4.20. The number of benzene rings is 1. The molecular weight excluding hydrogens is 217 g/mol. The van der Waals surface area contributed by atoms with Crippen LogP contribution >= 0.6 is 0 Å². The van der Waals surface area contributed by atoms with E-state index in [1.807, 2.05) is 0 Å². The summed E-state index contributed by atoms with van der Waals surface area (Å²) in [6.07, 6.45) is 0. The Morgan fingerprint density at radius 2 is 2.25 bits per heavy atom. The highest BCUT2D eigenvalue weighted by molar-refractivity contribution is 5.68. The van der Waals surface area contributed by atoms with Crippen LogP contribution in [0.4, 0.5) is 16.0 Å². The van der Waals surface area contributed by atoms with Crippen LogP contribution in [0, 0.1) is 15.9 Å². The van der Waals surface area contributed by atoms with Crippen molar-refractivity contribution < 1.29 is 9.31 Å². The minimum atomic E-state index is -0.631. The van der Waals surface area contributed by atoms with Crippen molar-refractivity contribution in [2.24, 2.45) is 0 Å². The fourth-order valence-corrected chi connectivity index (χ4v) is 1.25. The van der Waals surface area contributed by atoms with E-state index in [2.05, 4.69) is 15.2 Å². The summed E-state index contributed by atoms with van der Waals surface area (Å²) in [4.78, 5) is 13.8. The summed E-state index contributed by atoms with van der Waals surface area (Å²) in [6, 6.07) is 3.06. The number of nitrogens with two attached hydrogens (primary N) is 1. The zero-order chi connectivity index (χ0) is 11.7. The first-order chi connectivity index (χ1) is 7.58. The maximum Gasteiger partial charge on any atom is 0.280 e. The van der Waals surface area contributed by atoms with E-state index >= 15 is 0 Å². The van der Waals surface area contributed by atoms with Gasteiger partial charge in [-0.2, -0.15) is 4.98 Å². The lowest BCUT2D eigenvalue weighted by molar-refractivity contribution is -0.384. The average molecular weight is 223 g/mol. The van der Waals surface area contributed by atoms with Gasteiger partial charge in [0.25, 0.3) is 5.69 Å². The second-order valence-electron chi connectivity index (χ2n) is 2.96. The molecule has 0 aliphatic rings. The van der Waals surface area contributed by atoms with Crippen molar-refractivity contribution >= 4 is 11.6 Å². The maximum absolute atomic E-state index is 13.0. The number of rotatable bonds is 2. The number of anilines is 1. The van der Waals surface area contributed by atoms with Gasteiger partial charge in [-0.3, -0.25) is 15.2 Å². The smallest absolute Gasteiger partial charge is 0.280 e. The highest BCUT2D eigenvalue weighted by Crippen LogP contribution is 2.27. The molecule has 7 nitrogen and oxygen atoms in total. The van der Waals surface area contributed by atoms with Crippen molar-refractivity contribution in [2.75, 3.05) is 5.73 Å². The Morgan fingerprint density at radius 3 is 2.81 bits per heavy atom. The van der Waals surface area contributed by atoms with Crippen LogP contribution < -0.4 is 5.73 Å². The van der Waals surface area contributed by atoms with Crippen LogP contribution in [-0.4, -0.2) is 20.1 Å². The largest absolute Gasteiger partial charge is 0.366 e. The Kier molecular flexibility index (Phi) is 2.24. The lowest BCUT2D eigenvalue weighted by atomic mass is 10.1. The van der Waals surface area contributed by atoms with Crippen molar-refractivity contribution in [1.82, 2.24) is 15.2 Å². The van der Waals surface area contributed by atoms with Crippen LogP contribution in [0.3, 0.4) is 0 Å². The van der Waals surface area contributed by atoms with E-state index in [0.717, 1.165) is 18.2 Å². The molecule has 1 heterocycles. The molecule has 2 aromatic rings. The van der Waals surface area contributed by atoms with E-state index in [-0.39, 0.29) is 23.0 Å². The fourth-order valence-electron chi connectivity index (χ4n) is 1.25. The minimum absolute atomic E-state index is 0.00852. The molecule has 0 atom stereocenters. The van der Waals surface area contributed by atoms with Crippen LogP contribution in [0.15, 0.2) is 18.2 Å². The molecule has 16 heavy (non-hydrogen) atoms. The van der Waals surface area contributed by atoms with Crippen molar-refractivity contribution in [3.8, 4) is 11.4 Å². The molecule has 82 valence electrons. The molecule has 0 unspecified atom stereocenters. The number of nitro groups is 1. The molecule has 3 N–H and O–H groups in total. The number of nitrogen functional groups attached to an aromatic ring is 1. The molecule has 8 heteroatoms. The molecule has 0 radical (unpaired) electrons. The molecule has 0 spiro atoms. The van der Waals surface area contributed by atoms with Gasteiger partial charge in [0.2, 0.25) is 5.95 Å². The van der Waals surface area contributed by atoms with E-state index in [9.17, 15) is 14.5 Å². The quantitative estimate of drug-likeness (QED) is 0.585. The zero-order valence-corrected chi connectivity index (χ0v) is 7.85. The van der Waals surface area contributed by atoms with Gasteiger partial charge in [-0.15, -0.1) is 5.10 Å². The molecular formula is C8H6FN5O2. The molecule has 1 aromatic carbocycles. The normalized spacial score (nSPS) is 10.3. The summed E-state index contributed by atoms with van der Waals surface area (Å²) < 4.78 is 13.0. The third kappa shape index (κ3) is 1.67. The molecule has 0 aliphatic heterocycles. The topological polar surface area (TPSA) is 111 Å². The molecule has 1 aromatic heterocycles. The van der Waals surface area contributed by atoms with Crippen molar-refractivity contribution in [3.05, 3.63) is 34.1 Å². The summed E-state index contributed by atoms with van der Waals surface area (Å²) in [5.74, 6) is -0.604. The number of hydrogen-bond donors (Lipinski definition) is 2. The molecule has 0 amide bonds. The summed E-state index contributed by atoms with van der Waals surface area (Å²) in [7, 11) is 0. The first kappa shape index (κ1) is 10.0. The van der Waals surface area contributed by atoms with Crippen LogP contribution in [0.2, 0.25) is 0 Å². The molecule has 0 saturated carbocycles. The Hall–Kier alpha value is -2.51. The number of nitrogens with one attached hydrogen (secondary N) is 1. The van der Waals surface area contributed by atoms with Crippen molar-refractivity contribution in [2.45, 2.75) is 0 Å². The second kappa shape index (κ2) is 3.57. The number of aromatic amines is 1. The first-order valence-electron chi connectivity index (χ1n) is 4.20. The number of H-pyrrole nitrogens is 1. The summed E-state index contributed by atoms with van der Waals surface area (Å²) in [5.41, 5.74) is 5.01. The van der Waals surface area contributed by atoms with Gasteiger partial charge < -0.3 is 5.73 Å². The Bertz CT molecular complexity index is 553. The zero-order valence-electron chi connectivity index (χ0n) is 7.85. The van der Waals surface area contributed by atoms with Gasteiger partial charge >= 0.3 is 0 Å². The molecule has 0 aliphatic carbocycles. The Morgan fingerprint density at radius 1 is 1.50 bits per heavy atom. The van der Waals surface area contributed by atoms with Gasteiger partial charge in [0.15, 0.2) is 5.82 Å². The van der Waals surface area contributed by atoms with E-state index in [1.54, 1.807) is 0 Å². The van der Waals surface area contributed by atoms with Gasteiger partial charge in [-0.05, 0) is 12.1 Å². The summed E-state index contributed by atoms with van der Waals surface area (Å²) in [5, 5.41) is 16.6. The average Bonchev–Trinajstić information content (AvgIpc) is 2.64. The SMILES string of the molecule is Nc1n[nH]c(-c2cc(F)ccc2[N+](=O)[O-])n1. The predicted octanol–water partition coefficient (Wildman–Crippen LogP) is 1.10. The number of aromatic nitrogens is 3. The molecule has 0 fully saturated rings. The predicted molar refractivity (Wildman–Crippen MR) is 52.8 cm³/mol. The van der Waals surface area contributed by atoms with Gasteiger partial charge in [0, 0.05) is 6.07 Å². The van der Waals surface area contributed by atoms with E-state index in [4.69, 9.17) is 5.73 Å². The van der Waals surface area contributed by atoms with Gasteiger partial charge in [0.05, 0.1) is 10.5 Å². The van der Waals surface area contributed by atoms with Crippen LogP contribution in [0.1, 0.15) is 0 Å². The fraction of sp³-hybridized carbons (Fsp3) is 0. The standard InChI is InChI=1S/C8H6FN5O2/c9-4-1-2-6(14(15)16)5(3-4)7-11-8(10)13-12-7/h1-3H,(H3,10,11,12,13). The van der Waals surface area contributed by atoms with Crippen LogP contribution in [-0.2, 0) is 0 Å². The van der Waals surface area contributed by atoms with E-state index in [0.29, 0.717) is 0 Å². The summed E-state index contributed by atoms with van der Waals surface area (Å²) >= 11 is 0. The molecule has 2 rings (SSSR count). The van der Waals surface area contributed by atoms with E-state index in [1.165, 1.54) is 0 Å². The van der Waals surface area contributed by atoms with Gasteiger partial charge in [-0.1, -0.05) is 0 Å². The molecule has 0 saturated heterocycles. The lowest BCUT2D eigenvalue weighted by Crippen LogP contribution is -1.94. The Balaban J connectivity index is 2.62. The highest BCUT2D eigenvalue weighted by atomic mass is 19.1. The van der Waals surface area contributed by atoms with Crippen molar-refractivity contribution in [3.63, 3.8) is 0 Å². The number of hydrogen-bond acceptors (Lipinski definition) is 5. The summed E-state index contributed by atoms with van der Waals surface area (Å²) in [6.45, 7) is 0. The maximum atomic E-state index is 13.0. The van der Waals surface area contributed by atoms with Crippen molar-refractivity contribution in [1.29, 1.82) is 0 Å². The number of nitrogens with zero attached hydrogens (tertiary/aromatic N) is 3. The molecule has 0 bridgehead atoms. The third-order valence-corrected chi connectivity index (χ3v) is 1.91. The van der Waals surface area contributed by atoms with Crippen LogP contribution in [0.25, 0.3) is 11.4 Å². The van der Waals surface area contributed by atoms with Gasteiger partial charge in [-0.25, -0.2) is 4.39 Å². The number of nitro benzene ring substituents is 1. The van der Waals surface area contributed by atoms with Crippen LogP contribution in [0.5, 0.6) is 0 Å². The number of halogens is 1. The third-order valence-electron chi connectivity index (χ3n) is 1.91. The van der Waals surface area contributed by atoms with E-state index < -0.39 is 10.7 Å². The monoisotopic (exact) mass is 223 g/mol. The second-order valence-corrected chi connectivity index (χ2v) is 2.96. The van der Waals surface area contributed by atoms with Gasteiger partial charge in [0.1, 0.15) is 5.82 Å². The Labute approximate surface area is 88.3 Å². The minimum Gasteiger partial charge on any atom is -0.366 e. The highest BCUT2D eigenvalue weighted by Gasteiger charge is 2.18. The lowest BCUT2D eigenvalue weighted by Gasteiger charge is -1.98.